The van der Waals surface area contributed by atoms with Gasteiger partial charge in [0.05, 0.1) is 19.1 Å². The number of nitrogens with zero attached hydrogens (tertiary/aromatic N) is 1. The molecule has 2 aliphatic rings. The van der Waals surface area contributed by atoms with Crippen molar-refractivity contribution in [2.45, 2.75) is 51.7 Å². The molecular weight excluding hydrogens is 246 g/mol. The first-order chi connectivity index (χ1) is 8.88. The van der Waals surface area contributed by atoms with E-state index in [0.29, 0.717) is 26.2 Å². The van der Waals surface area contributed by atoms with Crippen LogP contribution in [0, 0.1) is 5.92 Å². The molecule has 5 heteroatoms. The van der Waals surface area contributed by atoms with Crippen LogP contribution in [0.2, 0.25) is 0 Å². The van der Waals surface area contributed by atoms with E-state index < -0.39 is 5.60 Å². The minimum absolute atomic E-state index is 0.0531. The van der Waals surface area contributed by atoms with Crippen LogP contribution >= 0.6 is 0 Å². The Hall–Kier alpha value is -1.10. The van der Waals surface area contributed by atoms with Crippen LogP contribution in [0.4, 0.5) is 4.79 Å². The van der Waals surface area contributed by atoms with Crippen molar-refractivity contribution in [3.8, 4) is 0 Å². The highest BCUT2D eigenvalue weighted by molar-refractivity contribution is 5.83. The predicted molar refractivity (Wildman–Crippen MR) is 69.9 cm³/mol. The van der Waals surface area contributed by atoms with Gasteiger partial charge in [-0.3, -0.25) is 4.79 Å². The summed E-state index contributed by atoms with van der Waals surface area (Å²) in [5.74, 6) is 0.0375. The molecule has 0 unspecified atom stereocenters. The lowest BCUT2D eigenvalue weighted by atomic mass is 9.91. The van der Waals surface area contributed by atoms with Gasteiger partial charge in [0.25, 0.3) is 0 Å². The normalized spacial score (nSPS) is 28.6. The van der Waals surface area contributed by atoms with Gasteiger partial charge in [-0.2, -0.15) is 0 Å². The highest BCUT2D eigenvalue weighted by Crippen LogP contribution is 2.29. The molecule has 0 saturated carbocycles. The Kier molecular flexibility index (Phi) is 4.13. The Labute approximate surface area is 114 Å². The van der Waals surface area contributed by atoms with Crippen LogP contribution in [-0.2, 0) is 14.3 Å². The monoisotopic (exact) mass is 269 g/mol. The smallest absolute Gasteiger partial charge is 0.410 e. The largest absolute Gasteiger partial charge is 0.444 e. The Morgan fingerprint density at radius 3 is 2.79 bits per heavy atom. The van der Waals surface area contributed by atoms with Crippen molar-refractivity contribution in [1.82, 2.24) is 4.90 Å². The first-order valence-corrected chi connectivity index (χ1v) is 6.98. The quantitative estimate of drug-likeness (QED) is 0.730. The number of amides is 1. The van der Waals surface area contributed by atoms with Crippen molar-refractivity contribution < 1.29 is 19.1 Å². The van der Waals surface area contributed by atoms with E-state index >= 15 is 0 Å². The molecule has 0 aromatic heterocycles. The van der Waals surface area contributed by atoms with Gasteiger partial charge >= 0.3 is 6.09 Å². The lowest BCUT2D eigenvalue weighted by Crippen LogP contribution is -2.47. The summed E-state index contributed by atoms with van der Waals surface area (Å²) in [6.45, 7) is 7.17. The van der Waals surface area contributed by atoms with Crippen LogP contribution in [0.3, 0.4) is 0 Å². The molecule has 2 saturated heterocycles. The molecule has 0 N–H and O–H groups in total. The summed E-state index contributed by atoms with van der Waals surface area (Å²) in [5.41, 5.74) is -0.503. The highest BCUT2D eigenvalue weighted by Gasteiger charge is 2.40. The molecule has 2 heterocycles. The van der Waals surface area contributed by atoms with Crippen LogP contribution < -0.4 is 0 Å². The van der Waals surface area contributed by atoms with E-state index in [-0.39, 0.29) is 23.8 Å². The number of ether oxygens (including phenoxy) is 2. The molecule has 0 aliphatic carbocycles. The molecule has 0 spiro atoms. The van der Waals surface area contributed by atoms with Gasteiger partial charge in [-0.1, -0.05) is 0 Å². The zero-order chi connectivity index (χ0) is 14.0. The van der Waals surface area contributed by atoms with Crippen LogP contribution in [0.1, 0.15) is 40.0 Å². The second kappa shape index (κ2) is 5.49. The van der Waals surface area contributed by atoms with Gasteiger partial charge in [0.2, 0.25) is 0 Å². The van der Waals surface area contributed by atoms with E-state index in [0.717, 1.165) is 12.8 Å². The summed E-state index contributed by atoms with van der Waals surface area (Å²) in [5, 5.41) is 0. The summed E-state index contributed by atoms with van der Waals surface area (Å²) in [6.07, 6.45) is 1.93. The molecule has 5 nitrogen and oxygen atoms in total. The molecule has 2 fully saturated rings. The molecule has 19 heavy (non-hydrogen) atoms. The molecule has 1 amide bonds. The fourth-order valence-electron chi connectivity index (χ4n) is 2.75. The summed E-state index contributed by atoms with van der Waals surface area (Å²) in [4.78, 5) is 25.9. The van der Waals surface area contributed by atoms with Crippen LogP contribution in [0.15, 0.2) is 0 Å². The lowest BCUT2D eigenvalue weighted by molar-refractivity contribution is -0.133. The van der Waals surface area contributed by atoms with Crippen molar-refractivity contribution in [2.75, 3.05) is 19.8 Å². The molecular formula is C14H23NO4. The van der Waals surface area contributed by atoms with Gasteiger partial charge in [0, 0.05) is 19.0 Å². The SMILES string of the molecule is CC(C)(C)OC(=O)N1CCC[C@H]1[C@H]1COCCC1=O. The average molecular weight is 269 g/mol. The van der Waals surface area contributed by atoms with Crippen LogP contribution in [-0.4, -0.2) is 48.2 Å². The second-order valence-electron chi connectivity index (χ2n) is 6.28. The van der Waals surface area contributed by atoms with E-state index in [4.69, 9.17) is 9.47 Å². The molecule has 2 atom stereocenters. The van der Waals surface area contributed by atoms with Crippen molar-refractivity contribution in [3.63, 3.8) is 0 Å². The van der Waals surface area contributed by atoms with Crippen LogP contribution in [0.25, 0.3) is 0 Å². The maximum Gasteiger partial charge on any atom is 0.410 e. The van der Waals surface area contributed by atoms with Gasteiger partial charge in [-0.05, 0) is 33.6 Å². The van der Waals surface area contributed by atoms with Gasteiger partial charge in [0.1, 0.15) is 11.4 Å². The molecule has 0 bridgehead atoms. The number of carbonyl (C=O) groups is 2. The van der Waals surface area contributed by atoms with Gasteiger partial charge in [-0.25, -0.2) is 4.79 Å². The number of hydrogen-bond donors (Lipinski definition) is 0. The molecule has 2 rings (SSSR count). The number of rotatable bonds is 1. The molecule has 108 valence electrons. The fourth-order valence-corrected chi connectivity index (χ4v) is 2.75. The minimum atomic E-state index is -0.503. The first kappa shape index (κ1) is 14.3. The van der Waals surface area contributed by atoms with E-state index in [1.807, 2.05) is 20.8 Å². The number of carbonyl (C=O) groups excluding carboxylic acids is 2. The summed E-state index contributed by atoms with van der Waals surface area (Å²) >= 11 is 0. The Bertz CT molecular complexity index is 361. The molecule has 0 aromatic rings. The van der Waals surface area contributed by atoms with Gasteiger partial charge in [-0.15, -0.1) is 0 Å². The fraction of sp³-hybridized carbons (Fsp3) is 0.857. The van der Waals surface area contributed by atoms with E-state index in [1.54, 1.807) is 4.90 Å². The summed E-state index contributed by atoms with van der Waals surface area (Å²) in [7, 11) is 0. The number of ketones is 1. The van der Waals surface area contributed by atoms with Crippen molar-refractivity contribution in [2.24, 2.45) is 5.92 Å². The van der Waals surface area contributed by atoms with E-state index in [2.05, 4.69) is 0 Å². The molecule has 0 aromatic carbocycles. The van der Waals surface area contributed by atoms with Crippen molar-refractivity contribution in [1.29, 1.82) is 0 Å². The minimum Gasteiger partial charge on any atom is -0.444 e. The maximum atomic E-state index is 12.2. The Morgan fingerprint density at radius 2 is 2.16 bits per heavy atom. The molecule has 2 aliphatic heterocycles. The Morgan fingerprint density at radius 1 is 1.42 bits per heavy atom. The lowest BCUT2D eigenvalue weighted by Gasteiger charge is -2.34. The van der Waals surface area contributed by atoms with Crippen molar-refractivity contribution in [3.05, 3.63) is 0 Å². The zero-order valence-electron chi connectivity index (χ0n) is 12.0. The van der Waals surface area contributed by atoms with E-state index in [1.165, 1.54) is 0 Å². The number of likely N-dealkylation sites (tertiary alicyclic amines) is 1. The van der Waals surface area contributed by atoms with E-state index in [9.17, 15) is 9.59 Å². The summed E-state index contributed by atoms with van der Waals surface area (Å²) in [6, 6.07) is -0.0531. The third-order valence-corrected chi connectivity index (χ3v) is 3.60. The standard InChI is InChI=1S/C14H23NO4/c1-14(2,3)19-13(17)15-7-4-5-11(15)10-9-18-8-6-12(10)16/h10-11H,4-9H2,1-3H3/t10-,11+/m1/s1. The average Bonchev–Trinajstić information content (AvgIpc) is 2.76. The highest BCUT2D eigenvalue weighted by atomic mass is 16.6. The third-order valence-electron chi connectivity index (χ3n) is 3.60. The van der Waals surface area contributed by atoms with Crippen LogP contribution in [0.5, 0.6) is 0 Å². The maximum absolute atomic E-state index is 12.2. The number of hydrogen-bond acceptors (Lipinski definition) is 4. The first-order valence-electron chi connectivity index (χ1n) is 6.98. The Balaban J connectivity index is 2.04. The second-order valence-corrected chi connectivity index (χ2v) is 6.28. The third kappa shape index (κ3) is 3.47. The zero-order valence-corrected chi connectivity index (χ0v) is 12.0. The van der Waals surface area contributed by atoms with Gasteiger partial charge < -0.3 is 14.4 Å². The molecule has 0 radical (unpaired) electrons. The predicted octanol–water partition coefficient (Wildman–Crippen LogP) is 1.99. The summed E-state index contributed by atoms with van der Waals surface area (Å²) < 4.78 is 10.8. The van der Waals surface area contributed by atoms with Gasteiger partial charge in [0.15, 0.2) is 0 Å². The topological polar surface area (TPSA) is 55.8 Å². The van der Waals surface area contributed by atoms with Crippen molar-refractivity contribution >= 4 is 11.9 Å². The number of Topliss-reactive ketones (excluding diaryl/α,β-unsaturated/α-hetero) is 1.